The van der Waals surface area contributed by atoms with E-state index >= 15 is 0 Å². The number of rotatable bonds is 30. The lowest BCUT2D eigenvalue weighted by Gasteiger charge is -2.12. The minimum Gasteiger partial charge on any atom is -0.462 e. The van der Waals surface area contributed by atoms with Crippen LogP contribution in [0.1, 0.15) is 191 Å². The van der Waals surface area contributed by atoms with Crippen LogP contribution < -0.4 is 28.4 Å². The number of carbonyl (C=O) groups is 9. The van der Waals surface area contributed by atoms with E-state index in [0.717, 1.165) is 89.2 Å². The van der Waals surface area contributed by atoms with Gasteiger partial charge in [-0.1, -0.05) is 78.6 Å². The Morgan fingerprint density at radius 2 is 0.448 bits per heavy atom. The molecule has 0 aliphatic heterocycles. The van der Waals surface area contributed by atoms with Crippen molar-refractivity contribution in [2.45, 2.75) is 97.8 Å². The molecule has 7 rings (SSSR count). The van der Waals surface area contributed by atoms with Crippen LogP contribution in [-0.4, -0.2) is 73.5 Å². The van der Waals surface area contributed by atoms with Crippen molar-refractivity contribution >= 4 is 53.7 Å². The highest BCUT2D eigenvalue weighted by Gasteiger charge is 2.25. The zero-order valence-corrected chi connectivity index (χ0v) is 48.5. The normalized spacial score (nSPS) is 10.7. The standard InChI is InChI=1S/C69H66O18/c1-4-7-10-13-42-79-61(70)46-16-29-53(30-17-46)82-64(73)49-22-35-56(36-23-49)85-67(76)52-28-41-59(68(77)86-57-37-24-50(25-38-57)65(74)83-54-31-18-47(19-32-54)62(71)80-43-14-11-8-5-2)60(45-52)69(78)87-58-39-26-51(27-40-58)66(75)84-55-33-20-48(21-34-55)63(72)81-44-15-12-9-6-3/h16-41,45H,4-15,42-44H2,1-3H3. The van der Waals surface area contributed by atoms with E-state index in [4.69, 9.17) is 42.6 Å². The van der Waals surface area contributed by atoms with Crippen molar-refractivity contribution in [2.75, 3.05) is 19.8 Å². The molecule has 0 fully saturated rings. The van der Waals surface area contributed by atoms with E-state index in [0.29, 0.717) is 36.5 Å². The van der Waals surface area contributed by atoms with Gasteiger partial charge in [0.1, 0.15) is 34.5 Å². The van der Waals surface area contributed by atoms with Gasteiger partial charge in [-0.2, -0.15) is 0 Å². The second kappa shape index (κ2) is 33.3. The second-order valence-corrected chi connectivity index (χ2v) is 19.8. The highest BCUT2D eigenvalue weighted by atomic mass is 16.6. The lowest BCUT2D eigenvalue weighted by Crippen LogP contribution is -2.19. The maximum absolute atomic E-state index is 14.1. The van der Waals surface area contributed by atoms with Crippen molar-refractivity contribution in [1.29, 1.82) is 0 Å². The van der Waals surface area contributed by atoms with Crippen LogP contribution in [0.4, 0.5) is 0 Å². The molecule has 0 heterocycles. The number of ether oxygens (including phenoxy) is 9. The lowest BCUT2D eigenvalue weighted by molar-refractivity contribution is 0.0488. The summed E-state index contributed by atoms with van der Waals surface area (Å²) in [6.45, 7) is 7.19. The summed E-state index contributed by atoms with van der Waals surface area (Å²) in [7, 11) is 0. The molecule has 0 radical (unpaired) electrons. The van der Waals surface area contributed by atoms with Gasteiger partial charge >= 0.3 is 53.7 Å². The van der Waals surface area contributed by atoms with Gasteiger partial charge in [-0.25, -0.2) is 43.2 Å². The van der Waals surface area contributed by atoms with Gasteiger partial charge in [0.2, 0.25) is 0 Å². The Hall–Kier alpha value is -10.2. The number of esters is 9. The third-order valence-electron chi connectivity index (χ3n) is 13.2. The molecule has 7 aromatic rings. The number of unbranched alkanes of at least 4 members (excludes halogenated alkanes) is 9. The van der Waals surface area contributed by atoms with Crippen LogP contribution in [0.3, 0.4) is 0 Å². The summed E-state index contributed by atoms with van der Waals surface area (Å²) in [6, 6.07) is 37.2. The number of benzene rings is 7. The zero-order chi connectivity index (χ0) is 61.9. The van der Waals surface area contributed by atoms with E-state index in [1.54, 1.807) is 0 Å². The van der Waals surface area contributed by atoms with Gasteiger partial charge in [0.25, 0.3) is 0 Å². The molecule has 0 N–H and O–H groups in total. The summed E-state index contributed by atoms with van der Waals surface area (Å²) in [6.07, 6.45) is 11.5. The molecule has 0 aliphatic rings. The molecule has 0 bridgehead atoms. The van der Waals surface area contributed by atoms with Crippen LogP contribution in [0.15, 0.2) is 164 Å². The third kappa shape index (κ3) is 19.9. The molecule has 87 heavy (non-hydrogen) atoms. The summed E-state index contributed by atoms with van der Waals surface area (Å²) >= 11 is 0. The maximum atomic E-state index is 14.1. The smallest absolute Gasteiger partial charge is 0.344 e. The Balaban J connectivity index is 1.01. The molecule has 0 spiro atoms. The molecule has 0 aromatic heterocycles. The topological polar surface area (TPSA) is 237 Å². The van der Waals surface area contributed by atoms with Crippen LogP contribution in [0, 0.1) is 0 Å². The molecule has 18 heteroatoms. The Labute approximate surface area is 503 Å². The fourth-order valence-electron chi connectivity index (χ4n) is 8.29. The summed E-state index contributed by atoms with van der Waals surface area (Å²) in [4.78, 5) is 118. The first-order valence-electron chi connectivity index (χ1n) is 28.8. The molecular formula is C69H66O18. The Morgan fingerprint density at radius 1 is 0.230 bits per heavy atom. The highest BCUT2D eigenvalue weighted by Crippen LogP contribution is 2.25. The predicted molar refractivity (Wildman–Crippen MR) is 318 cm³/mol. The number of hydrogen-bond donors (Lipinski definition) is 0. The molecule has 0 atom stereocenters. The van der Waals surface area contributed by atoms with Gasteiger partial charge in [-0.3, -0.25) is 0 Å². The van der Waals surface area contributed by atoms with E-state index in [1.165, 1.54) is 152 Å². The van der Waals surface area contributed by atoms with Crippen molar-refractivity contribution in [1.82, 2.24) is 0 Å². The molecule has 450 valence electrons. The highest BCUT2D eigenvalue weighted by molar-refractivity contribution is 6.07. The average molecular weight is 1180 g/mol. The van der Waals surface area contributed by atoms with Crippen molar-refractivity contribution in [3.8, 4) is 34.5 Å². The summed E-state index contributed by atoms with van der Waals surface area (Å²) in [5, 5.41) is 0. The first-order valence-corrected chi connectivity index (χ1v) is 28.8. The number of hydrogen-bond acceptors (Lipinski definition) is 18. The molecule has 0 saturated heterocycles. The molecule has 0 aliphatic carbocycles. The maximum Gasteiger partial charge on any atom is 0.344 e. The molecule has 7 aromatic carbocycles. The largest absolute Gasteiger partial charge is 0.462 e. The van der Waals surface area contributed by atoms with Crippen molar-refractivity contribution in [3.63, 3.8) is 0 Å². The minimum atomic E-state index is -1.12. The van der Waals surface area contributed by atoms with Gasteiger partial charge in [-0.05, 0) is 183 Å². The van der Waals surface area contributed by atoms with Crippen molar-refractivity contribution in [3.05, 3.63) is 214 Å². The van der Waals surface area contributed by atoms with Gasteiger partial charge in [0.15, 0.2) is 0 Å². The molecule has 18 nitrogen and oxygen atoms in total. The van der Waals surface area contributed by atoms with E-state index < -0.39 is 59.3 Å². The fraction of sp³-hybridized carbons (Fsp3) is 0.261. The van der Waals surface area contributed by atoms with Crippen molar-refractivity contribution in [2.24, 2.45) is 0 Å². The Kier molecular flexibility index (Phi) is 24.6. The van der Waals surface area contributed by atoms with Gasteiger partial charge < -0.3 is 42.6 Å². The fourth-order valence-corrected chi connectivity index (χ4v) is 8.29. The Morgan fingerprint density at radius 3 is 0.713 bits per heavy atom. The quantitative estimate of drug-likeness (QED) is 0.0176. The minimum absolute atomic E-state index is 0.00109. The first-order chi connectivity index (χ1) is 42.2. The SMILES string of the molecule is CCCCCCOC(=O)c1ccc(OC(=O)c2ccc(OC(=O)c3ccc(C(=O)Oc4ccc(C(=O)Oc5ccc(C(=O)OCCCCCC)cc5)cc4)c(C(=O)Oc4ccc(C(=O)Oc5ccc(C(=O)OCCCCCC)cc5)cc4)c3)cc2)cc1. The van der Waals surface area contributed by atoms with E-state index in [2.05, 4.69) is 20.8 Å². The van der Waals surface area contributed by atoms with Gasteiger partial charge in [-0.15, -0.1) is 0 Å². The van der Waals surface area contributed by atoms with Crippen LogP contribution in [-0.2, 0) is 14.2 Å². The van der Waals surface area contributed by atoms with Gasteiger partial charge in [0, 0.05) is 0 Å². The van der Waals surface area contributed by atoms with Crippen LogP contribution in [0.25, 0.3) is 0 Å². The van der Waals surface area contributed by atoms with Crippen molar-refractivity contribution < 1.29 is 85.8 Å². The summed E-state index contributed by atoms with van der Waals surface area (Å²) in [5.41, 5.74) is 0.175. The molecule has 0 saturated carbocycles. The first kappa shape index (κ1) is 64.3. The third-order valence-corrected chi connectivity index (χ3v) is 13.2. The van der Waals surface area contributed by atoms with Crippen LogP contribution >= 0.6 is 0 Å². The molecule has 0 unspecified atom stereocenters. The Bertz CT molecular complexity index is 3480. The molecule has 0 amide bonds. The molecular weight excluding hydrogens is 1120 g/mol. The average Bonchev–Trinajstić information content (AvgIpc) is 2.62. The van der Waals surface area contributed by atoms with Gasteiger partial charge in [0.05, 0.1) is 69.9 Å². The summed E-state index contributed by atoms with van der Waals surface area (Å²) < 4.78 is 49.3. The predicted octanol–water partition coefficient (Wildman–Crippen LogP) is 14.2. The monoisotopic (exact) mass is 1180 g/mol. The number of carbonyl (C=O) groups excluding carboxylic acids is 9. The second-order valence-electron chi connectivity index (χ2n) is 19.8. The lowest BCUT2D eigenvalue weighted by atomic mass is 10.0. The van der Waals surface area contributed by atoms with E-state index in [-0.39, 0.29) is 62.3 Å². The van der Waals surface area contributed by atoms with Crippen LogP contribution in [0.5, 0.6) is 34.5 Å². The zero-order valence-electron chi connectivity index (χ0n) is 48.5. The van der Waals surface area contributed by atoms with E-state index in [1.807, 2.05) is 0 Å². The van der Waals surface area contributed by atoms with E-state index in [9.17, 15) is 43.2 Å². The van der Waals surface area contributed by atoms with Crippen LogP contribution in [0.2, 0.25) is 0 Å². The summed E-state index contributed by atoms with van der Waals surface area (Å²) in [5.74, 6) is -6.48.